The van der Waals surface area contributed by atoms with Crippen LogP contribution in [0.3, 0.4) is 0 Å². The summed E-state index contributed by atoms with van der Waals surface area (Å²) in [6, 6.07) is 13.0. The van der Waals surface area contributed by atoms with E-state index >= 15 is 0 Å². The van der Waals surface area contributed by atoms with Gasteiger partial charge in [0.1, 0.15) is 5.75 Å². The first-order chi connectivity index (χ1) is 10.2. The fourth-order valence-corrected chi connectivity index (χ4v) is 3.26. The summed E-state index contributed by atoms with van der Waals surface area (Å²) in [5.74, 6) is 0.884. The van der Waals surface area contributed by atoms with Gasteiger partial charge in [0.25, 0.3) is 0 Å². The van der Waals surface area contributed by atoms with E-state index in [4.69, 9.17) is 10.5 Å². The Balaban J connectivity index is 1.83. The molecule has 2 nitrogen and oxygen atoms in total. The normalized spacial score (nSPS) is 14.8. The van der Waals surface area contributed by atoms with Crippen molar-refractivity contribution in [2.45, 2.75) is 38.6 Å². The second-order valence-corrected chi connectivity index (χ2v) is 6.01. The van der Waals surface area contributed by atoms with Crippen molar-refractivity contribution in [3.8, 4) is 5.75 Å². The molecule has 0 saturated carbocycles. The van der Waals surface area contributed by atoms with Crippen molar-refractivity contribution < 1.29 is 4.74 Å². The van der Waals surface area contributed by atoms with Crippen molar-refractivity contribution in [1.82, 2.24) is 0 Å². The van der Waals surface area contributed by atoms with Crippen LogP contribution in [-0.2, 0) is 19.3 Å². The van der Waals surface area contributed by atoms with E-state index in [9.17, 15) is 0 Å². The minimum atomic E-state index is -0.0284. The van der Waals surface area contributed by atoms with Crippen molar-refractivity contribution in [3.63, 3.8) is 0 Å². The van der Waals surface area contributed by atoms with E-state index in [1.54, 1.807) is 7.11 Å². The molecular formula is C19H23NO. The van der Waals surface area contributed by atoms with Gasteiger partial charge in [-0.2, -0.15) is 0 Å². The lowest BCUT2D eigenvalue weighted by Crippen LogP contribution is -2.15. The summed E-state index contributed by atoms with van der Waals surface area (Å²) in [4.78, 5) is 0. The maximum absolute atomic E-state index is 6.44. The number of benzene rings is 2. The van der Waals surface area contributed by atoms with Crippen LogP contribution < -0.4 is 10.5 Å². The Kier molecular flexibility index (Phi) is 3.98. The minimum absolute atomic E-state index is 0.0284. The summed E-state index contributed by atoms with van der Waals surface area (Å²) >= 11 is 0. The Bertz CT molecular complexity index is 648. The SMILES string of the molecule is COc1ccc(C)cc1C(N)Cc1ccc2c(c1)CCC2. The standard InChI is InChI=1S/C19H23NO/c1-13-6-9-19(21-2)17(10-13)18(20)12-14-7-8-15-4-3-5-16(15)11-14/h6-11,18H,3-5,12,20H2,1-2H3. The van der Waals surface area contributed by atoms with Gasteiger partial charge in [0, 0.05) is 11.6 Å². The van der Waals surface area contributed by atoms with Crippen molar-refractivity contribution in [2.75, 3.05) is 7.11 Å². The van der Waals surface area contributed by atoms with Gasteiger partial charge in [-0.15, -0.1) is 0 Å². The quantitative estimate of drug-likeness (QED) is 0.926. The van der Waals surface area contributed by atoms with Gasteiger partial charge >= 0.3 is 0 Å². The molecule has 21 heavy (non-hydrogen) atoms. The highest BCUT2D eigenvalue weighted by molar-refractivity contribution is 5.41. The summed E-state index contributed by atoms with van der Waals surface area (Å²) in [6.07, 6.45) is 4.59. The first-order valence-electron chi connectivity index (χ1n) is 7.68. The van der Waals surface area contributed by atoms with Crippen LogP contribution in [0.4, 0.5) is 0 Å². The van der Waals surface area contributed by atoms with Gasteiger partial charge in [-0.3, -0.25) is 0 Å². The van der Waals surface area contributed by atoms with Gasteiger partial charge in [-0.1, -0.05) is 35.9 Å². The predicted molar refractivity (Wildman–Crippen MR) is 86.8 cm³/mol. The molecule has 0 heterocycles. The molecule has 2 heteroatoms. The molecule has 1 atom stereocenters. The summed E-state index contributed by atoms with van der Waals surface area (Å²) in [7, 11) is 1.70. The minimum Gasteiger partial charge on any atom is -0.496 e. The molecule has 1 unspecified atom stereocenters. The van der Waals surface area contributed by atoms with Gasteiger partial charge in [0.05, 0.1) is 7.11 Å². The first-order valence-corrected chi connectivity index (χ1v) is 7.68. The maximum atomic E-state index is 6.44. The van der Waals surface area contributed by atoms with E-state index in [-0.39, 0.29) is 6.04 Å². The Morgan fingerprint density at radius 1 is 1.10 bits per heavy atom. The monoisotopic (exact) mass is 281 g/mol. The second kappa shape index (κ2) is 5.90. The topological polar surface area (TPSA) is 35.2 Å². The first kappa shape index (κ1) is 14.2. The zero-order chi connectivity index (χ0) is 14.8. The highest BCUT2D eigenvalue weighted by Crippen LogP contribution is 2.29. The van der Waals surface area contributed by atoms with E-state index in [2.05, 4.69) is 37.3 Å². The number of nitrogens with two attached hydrogens (primary N) is 1. The van der Waals surface area contributed by atoms with Crippen LogP contribution in [-0.4, -0.2) is 7.11 Å². The summed E-state index contributed by atoms with van der Waals surface area (Å²) in [6.45, 7) is 2.09. The lowest BCUT2D eigenvalue weighted by molar-refractivity contribution is 0.405. The number of hydrogen-bond donors (Lipinski definition) is 1. The second-order valence-electron chi connectivity index (χ2n) is 6.01. The van der Waals surface area contributed by atoms with E-state index in [0.29, 0.717) is 0 Å². The van der Waals surface area contributed by atoms with Gasteiger partial charge < -0.3 is 10.5 Å². The Hall–Kier alpha value is -1.80. The van der Waals surface area contributed by atoms with Crippen molar-refractivity contribution in [1.29, 1.82) is 0 Å². The lowest BCUT2D eigenvalue weighted by atomic mass is 9.95. The molecule has 0 aliphatic heterocycles. The molecule has 2 aromatic carbocycles. The van der Waals surface area contributed by atoms with Crippen molar-refractivity contribution >= 4 is 0 Å². The number of methoxy groups -OCH3 is 1. The Morgan fingerprint density at radius 3 is 2.71 bits per heavy atom. The third kappa shape index (κ3) is 2.96. The molecule has 0 spiro atoms. The van der Waals surface area contributed by atoms with Gasteiger partial charge in [0.15, 0.2) is 0 Å². The number of fused-ring (bicyclic) bond motifs is 1. The van der Waals surface area contributed by atoms with Gasteiger partial charge in [-0.05, 0) is 55.4 Å². The van der Waals surface area contributed by atoms with Crippen LogP contribution >= 0.6 is 0 Å². The number of rotatable bonds is 4. The van der Waals surface area contributed by atoms with Crippen LogP contribution in [0.5, 0.6) is 5.75 Å². The third-order valence-electron chi connectivity index (χ3n) is 4.40. The lowest BCUT2D eigenvalue weighted by Gasteiger charge is -2.17. The fraction of sp³-hybridized carbons (Fsp3) is 0.368. The van der Waals surface area contributed by atoms with E-state index in [1.807, 2.05) is 6.07 Å². The highest BCUT2D eigenvalue weighted by Gasteiger charge is 2.15. The molecule has 0 radical (unpaired) electrons. The Morgan fingerprint density at radius 2 is 1.90 bits per heavy atom. The molecule has 2 aromatic rings. The fourth-order valence-electron chi connectivity index (χ4n) is 3.26. The molecule has 2 N–H and O–H groups in total. The summed E-state index contributed by atoms with van der Waals surface area (Å²) in [5.41, 5.74) is 13.1. The smallest absolute Gasteiger partial charge is 0.123 e. The zero-order valence-electron chi connectivity index (χ0n) is 12.9. The average Bonchev–Trinajstić information content (AvgIpc) is 2.94. The number of ether oxygens (including phenoxy) is 1. The Labute approximate surface area is 126 Å². The maximum Gasteiger partial charge on any atom is 0.123 e. The predicted octanol–water partition coefficient (Wildman–Crippen LogP) is 3.73. The summed E-state index contributed by atoms with van der Waals surface area (Å²) < 4.78 is 5.45. The molecule has 0 bridgehead atoms. The van der Waals surface area contributed by atoms with Crippen molar-refractivity contribution in [3.05, 3.63) is 64.2 Å². The van der Waals surface area contributed by atoms with Crippen LogP contribution in [0.1, 0.15) is 40.3 Å². The van der Waals surface area contributed by atoms with E-state index in [1.165, 1.54) is 41.5 Å². The highest BCUT2D eigenvalue weighted by atomic mass is 16.5. The largest absolute Gasteiger partial charge is 0.496 e. The van der Waals surface area contributed by atoms with Crippen LogP contribution in [0, 0.1) is 6.92 Å². The van der Waals surface area contributed by atoms with E-state index < -0.39 is 0 Å². The van der Waals surface area contributed by atoms with Crippen molar-refractivity contribution in [2.24, 2.45) is 5.73 Å². The summed E-state index contributed by atoms with van der Waals surface area (Å²) in [5, 5.41) is 0. The third-order valence-corrected chi connectivity index (χ3v) is 4.40. The molecule has 0 aromatic heterocycles. The van der Waals surface area contributed by atoms with E-state index in [0.717, 1.165) is 17.7 Å². The van der Waals surface area contributed by atoms with Crippen LogP contribution in [0.2, 0.25) is 0 Å². The molecule has 0 saturated heterocycles. The van der Waals surface area contributed by atoms with Gasteiger partial charge in [-0.25, -0.2) is 0 Å². The molecule has 3 rings (SSSR count). The molecule has 0 amide bonds. The molecule has 110 valence electrons. The number of aryl methyl sites for hydroxylation is 3. The molecule has 0 fully saturated rings. The molecule has 1 aliphatic rings. The van der Waals surface area contributed by atoms with Crippen LogP contribution in [0.25, 0.3) is 0 Å². The number of hydrogen-bond acceptors (Lipinski definition) is 2. The van der Waals surface area contributed by atoms with Gasteiger partial charge in [0.2, 0.25) is 0 Å². The zero-order valence-corrected chi connectivity index (χ0v) is 12.9. The molecule has 1 aliphatic carbocycles. The average molecular weight is 281 g/mol. The van der Waals surface area contributed by atoms with Crippen LogP contribution in [0.15, 0.2) is 36.4 Å². The molecular weight excluding hydrogens is 258 g/mol.